The van der Waals surface area contributed by atoms with Crippen LogP contribution in [0.25, 0.3) is 65.3 Å². The first-order valence-corrected chi connectivity index (χ1v) is 13.3. The van der Waals surface area contributed by atoms with Crippen LogP contribution in [0, 0.1) is 0 Å². The van der Waals surface area contributed by atoms with E-state index in [1.54, 1.807) is 0 Å². The normalized spacial score (nSPS) is 16.5. The standard InChI is InChI=1S/C36H24S/c1-36(37)30-17-9-12-23-18-19-24-20-25(21-31(36)35(24)34(23)30)33-28-15-7-5-13-26(28)32(22-10-3-2-4-11-22)27-14-6-8-16-29(27)33/h2-21,37H,1H3. The van der Waals surface area contributed by atoms with Crippen molar-refractivity contribution in [2.75, 3.05) is 0 Å². The summed E-state index contributed by atoms with van der Waals surface area (Å²) < 4.78 is -0.340. The average Bonchev–Trinajstić information content (AvgIpc) is 3.18. The molecular weight excluding hydrogens is 464 g/mol. The molecule has 0 aliphatic heterocycles. The predicted molar refractivity (Wildman–Crippen MR) is 163 cm³/mol. The lowest BCUT2D eigenvalue weighted by Crippen LogP contribution is -2.12. The Kier molecular flexibility index (Phi) is 4.25. The monoisotopic (exact) mass is 488 g/mol. The molecule has 0 saturated heterocycles. The molecule has 1 heteroatoms. The molecule has 0 bridgehead atoms. The highest BCUT2D eigenvalue weighted by atomic mass is 32.1. The average molecular weight is 489 g/mol. The van der Waals surface area contributed by atoms with E-state index in [-0.39, 0.29) is 4.75 Å². The molecular formula is C36H24S. The van der Waals surface area contributed by atoms with Gasteiger partial charge in [0, 0.05) is 0 Å². The second kappa shape index (κ2) is 7.47. The fourth-order valence-electron chi connectivity index (χ4n) is 6.68. The number of hydrogen-bond donors (Lipinski definition) is 1. The van der Waals surface area contributed by atoms with Crippen LogP contribution in [0.3, 0.4) is 0 Å². The minimum absolute atomic E-state index is 0.340. The lowest BCUT2D eigenvalue weighted by Gasteiger charge is -2.23. The van der Waals surface area contributed by atoms with Gasteiger partial charge in [0.1, 0.15) is 0 Å². The Balaban J connectivity index is 1.53. The molecule has 0 heterocycles. The van der Waals surface area contributed by atoms with Crippen LogP contribution in [-0.2, 0) is 4.75 Å². The fraction of sp³-hybridized carbons (Fsp3) is 0.0556. The van der Waals surface area contributed by atoms with Gasteiger partial charge >= 0.3 is 0 Å². The molecule has 174 valence electrons. The second-order valence-electron chi connectivity index (χ2n) is 10.4. The maximum absolute atomic E-state index is 5.27. The summed E-state index contributed by atoms with van der Waals surface area (Å²) in [5, 5.41) is 10.4. The van der Waals surface area contributed by atoms with Crippen molar-refractivity contribution >= 4 is 55.7 Å². The topological polar surface area (TPSA) is 0 Å². The Bertz CT molecular complexity index is 1990. The number of benzene rings is 7. The first-order chi connectivity index (χ1) is 18.1. The van der Waals surface area contributed by atoms with Crippen LogP contribution in [0.15, 0.2) is 121 Å². The van der Waals surface area contributed by atoms with Crippen molar-refractivity contribution < 1.29 is 0 Å². The van der Waals surface area contributed by atoms with E-state index in [1.807, 2.05) is 0 Å². The predicted octanol–water partition coefficient (Wildman–Crippen LogP) is 10.1. The first-order valence-electron chi connectivity index (χ1n) is 12.8. The molecule has 0 fully saturated rings. The van der Waals surface area contributed by atoms with Crippen LogP contribution in [0.5, 0.6) is 0 Å². The lowest BCUT2D eigenvalue weighted by atomic mass is 9.84. The van der Waals surface area contributed by atoms with Crippen molar-refractivity contribution in [1.29, 1.82) is 0 Å². The van der Waals surface area contributed by atoms with Gasteiger partial charge in [0.25, 0.3) is 0 Å². The SMILES string of the molecule is CC1(S)c2cccc3ccc4cc(-c5c6ccccc6c(-c6ccccc6)c6ccccc56)cc1c4c23. The van der Waals surface area contributed by atoms with Crippen molar-refractivity contribution in [3.63, 3.8) is 0 Å². The summed E-state index contributed by atoms with van der Waals surface area (Å²) in [6, 6.07) is 44.5. The quantitative estimate of drug-likeness (QED) is 0.140. The summed E-state index contributed by atoms with van der Waals surface area (Å²) in [7, 11) is 0. The molecule has 7 aromatic carbocycles. The van der Waals surface area contributed by atoms with Crippen molar-refractivity contribution in [1.82, 2.24) is 0 Å². The van der Waals surface area contributed by atoms with Crippen LogP contribution in [0.1, 0.15) is 18.1 Å². The summed E-state index contributed by atoms with van der Waals surface area (Å²) in [6.45, 7) is 2.25. The fourth-order valence-corrected chi connectivity index (χ4v) is 7.04. The van der Waals surface area contributed by atoms with E-state index in [0.717, 1.165) is 0 Å². The molecule has 0 aromatic heterocycles. The summed E-state index contributed by atoms with van der Waals surface area (Å²) >= 11 is 5.27. The van der Waals surface area contributed by atoms with Gasteiger partial charge in [0.15, 0.2) is 0 Å². The number of thiol groups is 1. The molecule has 1 atom stereocenters. The third-order valence-electron chi connectivity index (χ3n) is 8.29. The van der Waals surface area contributed by atoms with E-state index >= 15 is 0 Å². The molecule has 0 amide bonds. The van der Waals surface area contributed by atoms with Gasteiger partial charge in [-0.15, -0.1) is 0 Å². The van der Waals surface area contributed by atoms with E-state index < -0.39 is 0 Å². The highest BCUT2D eigenvalue weighted by molar-refractivity contribution is 7.81. The van der Waals surface area contributed by atoms with E-state index in [9.17, 15) is 0 Å². The van der Waals surface area contributed by atoms with Crippen LogP contribution in [-0.4, -0.2) is 0 Å². The van der Waals surface area contributed by atoms with Gasteiger partial charge in [0.05, 0.1) is 4.75 Å². The maximum Gasteiger partial charge on any atom is 0.0611 e. The molecule has 0 N–H and O–H groups in total. The Morgan fingerprint density at radius 2 is 1.00 bits per heavy atom. The third-order valence-corrected chi connectivity index (χ3v) is 8.77. The van der Waals surface area contributed by atoms with Crippen LogP contribution in [0.4, 0.5) is 0 Å². The smallest absolute Gasteiger partial charge is 0.0611 e. The number of hydrogen-bond acceptors (Lipinski definition) is 1. The van der Waals surface area contributed by atoms with Crippen molar-refractivity contribution in [2.24, 2.45) is 0 Å². The van der Waals surface area contributed by atoms with Crippen molar-refractivity contribution in [2.45, 2.75) is 11.7 Å². The van der Waals surface area contributed by atoms with E-state index in [0.29, 0.717) is 0 Å². The van der Waals surface area contributed by atoms with E-state index in [2.05, 4.69) is 128 Å². The highest BCUT2D eigenvalue weighted by Gasteiger charge is 2.35. The van der Waals surface area contributed by atoms with Gasteiger partial charge in [-0.25, -0.2) is 0 Å². The Labute approximate surface area is 221 Å². The van der Waals surface area contributed by atoms with Crippen LogP contribution >= 0.6 is 12.6 Å². The minimum Gasteiger partial charge on any atom is -0.163 e. The van der Waals surface area contributed by atoms with Crippen LogP contribution in [0.2, 0.25) is 0 Å². The van der Waals surface area contributed by atoms with Gasteiger partial charge in [-0.2, -0.15) is 12.6 Å². The van der Waals surface area contributed by atoms with Gasteiger partial charge in [-0.3, -0.25) is 0 Å². The van der Waals surface area contributed by atoms with Gasteiger partial charge in [-0.1, -0.05) is 109 Å². The zero-order chi connectivity index (χ0) is 24.7. The second-order valence-corrected chi connectivity index (χ2v) is 11.3. The molecule has 0 saturated carbocycles. The molecule has 1 aliphatic carbocycles. The summed E-state index contributed by atoms with van der Waals surface area (Å²) in [4.78, 5) is 0. The van der Waals surface area contributed by atoms with Gasteiger partial charge in [-0.05, 0) is 95.5 Å². The van der Waals surface area contributed by atoms with Crippen molar-refractivity contribution in [3.8, 4) is 22.3 Å². The molecule has 1 unspecified atom stereocenters. The zero-order valence-electron chi connectivity index (χ0n) is 20.5. The molecule has 0 spiro atoms. The highest BCUT2D eigenvalue weighted by Crippen LogP contribution is 2.53. The van der Waals surface area contributed by atoms with Gasteiger partial charge < -0.3 is 0 Å². The first kappa shape index (κ1) is 21.1. The largest absolute Gasteiger partial charge is 0.163 e. The van der Waals surface area contributed by atoms with E-state index in [4.69, 9.17) is 12.6 Å². The molecule has 37 heavy (non-hydrogen) atoms. The summed E-state index contributed by atoms with van der Waals surface area (Å²) in [5.74, 6) is 0. The Morgan fingerprint density at radius 3 is 1.65 bits per heavy atom. The molecule has 8 rings (SSSR count). The molecule has 7 aromatic rings. The third kappa shape index (κ3) is 2.81. The number of rotatable bonds is 2. The summed E-state index contributed by atoms with van der Waals surface area (Å²) in [5.41, 5.74) is 7.70. The molecule has 1 aliphatic rings. The maximum atomic E-state index is 5.27. The Hall–Kier alpha value is -4.07. The summed E-state index contributed by atoms with van der Waals surface area (Å²) in [6.07, 6.45) is 0. The minimum atomic E-state index is -0.340. The zero-order valence-corrected chi connectivity index (χ0v) is 21.4. The Morgan fingerprint density at radius 1 is 0.459 bits per heavy atom. The van der Waals surface area contributed by atoms with Gasteiger partial charge in [0.2, 0.25) is 0 Å². The lowest BCUT2D eigenvalue weighted by molar-refractivity contribution is 0.882. The van der Waals surface area contributed by atoms with E-state index in [1.165, 1.54) is 76.5 Å². The number of fused-ring (bicyclic) bond motifs is 2. The van der Waals surface area contributed by atoms with Crippen molar-refractivity contribution in [3.05, 3.63) is 132 Å². The van der Waals surface area contributed by atoms with Crippen LogP contribution < -0.4 is 0 Å². The molecule has 0 nitrogen and oxygen atoms in total. The molecule has 0 radical (unpaired) electrons.